The molecule has 0 radical (unpaired) electrons. The molecule has 0 spiro atoms. The molecule has 1 heterocycles. The highest BCUT2D eigenvalue weighted by Crippen LogP contribution is 2.51. The molecule has 1 saturated heterocycles. The van der Waals surface area contributed by atoms with Gasteiger partial charge < -0.3 is 0 Å². The molecule has 1 rings (SSSR count). The molecule has 0 aromatic rings. The van der Waals surface area contributed by atoms with Gasteiger partial charge in [-0.1, -0.05) is 28.9 Å². The Bertz CT molecular complexity index is 83.0. The molecular formula is C5H10Cl2NP. The summed E-state index contributed by atoms with van der Waals surface area (Å²) in [6.45, 7) is 1.35. The van der Waals surface area contributed by atoms with Gasteiger partial charge in [0, 0.05) is 13.1 Å². The highest BCUT2D eigenvalue weighted by atomic mass is 35.9. The van der Waals surface area contributed by atoms with Crippen molar-refractivity contribution >= 4 is 29.3 Å². The zero-order valence-corrected chi connectivity index (χ0v) is 7.59. The van der Waals surface area contributed by atoms with E-state index < -0.39 is 6.78 Å². The van der Waals surface area contributed by atoms with Gasteiger partial charge in [-0.25, -0.2) is 0 Å². The van der Waals surface area contributed by atoms with E-state index >= 15 is 0 Å². The van der Waals surface area contributed by atoms with Crippen molar-refractivity contribution in [2.24, 2.45) is 0 Å². The predicted molar refractivity (Wildman–Crippen MR) is 44.1 cm³/mol. The Morgan fingerprint density at radius 3 is 1.89 bits per heavy atom. The van der Waals surface area contributed by atoms with Crippen LogP contribution < -0.4 is 0 Å². The first-order valence-electron chi connectivity index (χ1n) is 3.17. The number of halogens is 2. The van der Waals surface area contributed by atoms with Crippen molar-refractivity contribution in [2.75, 3.05) is 13.1 Å². The quantitative estimate of drug-likeness (QED) is 0.568. The molecule has 1 nitrogen and oxygen atoms in total. The third-order valence-electron chi connectivity index (χ3n) is 1.55. The van der Waals surface area contributed by atoms with Crippen LogP contribution in [0.3, 0.4) is 0 Å². The molecule has 0 aromatic carbocycles. The van der Waals surface area contributed by atoms with E-state index in [-0.39, 0.29) is 0 Å². The van der Waals surface area contributed by atoms with Gasteiger partial charge in [0.25, 0.3) is 0 Å². The molecule has 0 atom stereocenters. The first kappa shape index (κ1) is 8.07. The Labute approximate surface area is 66.7 Å². The molecule has 54 valence electrons. The Kier molecular flexibility index (Phi) is 3.57. The van der Waals surface area contributed by atoms with Gasteiger partial charge in [-0.2, -0.15) is 0 Å². The predicted octanol–water partition coefficient (Wildman–Crippen LogP) is 3.18. The number of nitrogens with zero attached hydrogens (tertiary/aromatic N) is 1. The van der Waals surface area contributed by atoms with E-state index in [2.05, 4.69) is 4.67 Å². The smallest absolute Gasteiger partial charge is 0.159 e. The summed E-state index contributed by atoms with van der Waals surface area (Å²) in [5.74, 6) is 0. The summed E-state index contributed by atoms with van der Waals surface area (Å²) in [6, 6.07) is 0. The van der Waals surface area contributed by atoms with Crippen LogP contribution in [0.15, 0.2) is 0 Å². The Hall–Kier alpha value is 0.970. The summed E-state index contributed by atoms with van der Waals surface area (Å²) < 4.78 is 2.15. The summed E-state index contributed by atoms with van der Waals surface area (Å²) in [4.78, 5) is 0. The van der Waals surface area contributed by atoms with E-state index in [9.17, 15) is 0 Å². The second-order valence-electron chi connectivity index (χ2n) is 2.23. The largest absolute Gasteiger partial charge is 0.257 e. The molecule has 1 aliphatic heterocycles. The summed E-state index contributed by atoms with van der Waals surface area (Å²) in [5.41, 5.74) is 0. The lowest BCUT2D eigenvalue weighted by Gasteiger charge is -2.26. The van der Waals surface area contributed by atoms with Gasteiger partial charge in [0.2, 0.25) is 0 Å². The summed E-state index contributed by atoms with van der Waals surface area (Å²) in [5, 5.41) is 0. The lowest BCUT2D eigenvalue weighted by Crippen LogP contribution is -2.22. The van der Waals surface area contributed by atoms with E-state index in [0.29, 0.717) is 0 Å². The van der Waals surface area contributed by atoms with Crippen molar-refractivity contribution in [3.63, 3.8) is 0 Å². The standard InChI is InChI=1S/C5H10Cl2NP/c6-9(7)8-4-2-1-3-5-8/h1-5H2. The molecule has 0 unspecified atom stereocenters. The van der Waals surface area contributed by atoms with Crippen molar-refractivity contribution in [1.29, 1.82) is 0 Å². The maximum absolute atomic E-state index is 5.71. The average molecular weight is 186 g/mol. The van der Waals surface area contributed by atoms with Crippen LogP contribution in [0.1, 0.15) is 19.3 Å². The van der Waals surface area contributed by atoms with Crippen LogP contribution in [0.25, 0.3) is 0 Å². The Balaban J connectivity index is 2.23. The lowest BCUT2D eigenvalue weighted by molar-refractivity contribution is 0.376. The maximum atomic E-state index is 5.71. The minimum absolute atomic E-state index is 0.841. The van der Waals surface area contributed by atoms with Gasteiger partial charge in [0.05, 0.1) is 0 Å². The van der Waals surface area contributed by atoms with Crippen LogP contribution in [0.2, 0.25) is 0 Å². The van der Waals surface area contributed by atoms with Gasteiger partial charge in [-0.3, -0.25) is 4.67 Å². The van der Waals surface area contributed by atoms with Gasteiger partial charge in [-0.05, 0) is 12.8 Å². The highest BCUT2D eigenvalue weighted by Gasteiger charge is 2.15. The van der Waals surface area contributed by atoms with Gasteiger partial charge in [-0.15, -0.1) is 0 Å². The maximum Gasteiger partial charge on any atom is 0.159 e. The first-order chi connectivity index (χ1) is 4.30. The second-order valence-corrected chi connectivity index (χ2v) is 5.67. The second kappa shape index (κ2) is 3.98. The van der Waals surface area contributed by atoms with E-state index in [1.54, 1.807) is 0 Å². The van der Waals surface area contributed by atoms with Crippen LogP contribution in [0, 0.1) is 0 Å². The van der Waals surface area contributed by atoms with E-state index in [0.717, 1.165) is 13.1 Å². The van der Waals surface area contributed by atoms with E-state index in [1.807, 2.05) is 0 Å². The van der Waals surface area contributed by atoms with Gasteiger partial charge >= 0.3 is 0 Å². The monoisotopic (exact) mass is 185 g/mol. The number of hydrogen-bond donors (Lipinski definition) is 0. The zero-order chi connectivity index (χ0) is 6.69. The van der Waals surface area contributed by atoms with Crippen molar-refractivity contribution in [2.45, 2.75) is 19.3 Å². The van der Waals surface area contributed by atoms with Crippen molar-refractivity contribution in [3.05, 3.63) is 0 Å². The molecule has 1 fully saturated rings. The molecule has 0 N–H and O–H groups in total. The SMILES string of the molecule is ClP(Cl)N1CCCCC1. The van der Waals surface area contributed by atoms with Crippen LogP contribution in [-0.2, 0) is 0 Å². The highest BCUT2D eigenvalue weighted by molar-refractivity contribution is 8.02. The molecule has 0 saturated carbocycles. The van der Waals surface area contributed by atoms with E-state index in [4.69, 9.17) is 22.5 Å². The number of rotatable bonds is 1. The van der Waals surface area contributed by atoms with Crippen LogP contribution >= 0.6 is 29.3 Å². The number of piperidine rings is 1. The van der Waals surface area contributed by atoms with Crippen LogP contribution in [0.5, 0.6) is 0 Å². The van der Waals surface area contributed by atoms with Crippen LogP contribution in [0.4, 0.5) is 0 Å². The van der Waals surface area contributed by atoms with Gasteiger partial charge in [0.15, 0.2) is 6.78 Å². The third-order valence-corrected chi connectivity index (χ3v) is 3.66. The van der Waals surface area contributed by atoms with Crippen molar-refractivity contribution in [1.82, 2.24) is 4.67 Å². The van der Waals surface area contributed by atoms with Crippen molar-refractivity contribution < 1.29 is 0 Å². The lowest BCUT2D eigenvalue weighted by atomic mass is 10.2. The Morgan fingerprint density at radius 2 is 1.56 bits per heavy atom. The normalized spacial score (nSPS) is 23.0. The van der Waals surface area contributed by atoms with Gasteiger partial charge in [0.1, 0.15) is 0 Å². The first-order valence-corrected chi connectivity index (χ1v) is 6.28. The molecule has 4 heteroatoms. The molecule has 0 bridgehead atoms. The fourth-order valence-electron chi connectivity index (χ4n) is 1.03. The summed E-state index contributed by atoms with van der Waals surface area (Å²) in [7, 11) is 0. The summed E-state index contributed by atoms with van der Waals surface area (Å²) in [6.07, 6.45) is 3.87. The van der Waals surface area contributed by atoms with Crippen LogP contribution in [-0.4, -0.2) is 17.8 Å². The van der Waals surface area contributed by atoms with E-state index in [1.165, 1.54) is 19.3 Å². The Morgan fingerprint density at radius 1 is 1.00 bits per heavy atom. The molecule has 9 heavy (non-hydrogen) atoms. The molecule has 0 amide bonds. The molecule has 0 aromatic heterocycles. The molecular weight excluding hydrogens is 176 g/mol. The fourth-order valence-corrected chi connectivity index (χ4v) is 2.52. The minimum Gasteiger partial charge on any atom is -0.257 e. The molecule has 0 aliphatic carbocycles. The zero-order valence-electron chi connectivity index (χ0n) is 5.19. The topological polar surface area (TPSA) is 3.24 Å². The minimum atomic E-state index is -0.841. The number of hydrogen-bond acceptors (Lipinski definition) is 1. The average Bonchev–Trinajstić information content (AvgIpc) is 1.90. The molecule has 1 aliphatic rings. The summed E-state index contributed by atoms with van der Waals surface area (Å²) >= 11 is 11.4. The van der Waals surface area contributed by atoms with Crippen molar-refractivity contribution in [3.8, 4) is 0 Å². The third kappa shape index (κ3) is 2.59. The fraction of sp³-hybridized carbons (Fsp3) is 1.00.